The molecule has 2 N–H and O–H groups in total. The largest absolute Gasteiger partial charge is 0.493 e. The number of aliphatic imine (C=N–C) groups is 1. The van der Waals surface area contributed by atoms with Crippen LogP contribution in [0.25, 0.3) is 0 Å². The number of hydrogen-bond acceptors (Lipinski definition) is 4. The Morgan fingerprint density at radius 3 is 2.34 bits per heavy atom. The minimum Gasteiger partial charge on any atom is -0.493 e. The lowest BCUT2D eigenvalue weighted by Gasteiger charge is -2.31. The molecule has 1 fully saturated rings. The van der Waals surface area contributed by atoms with Crippen LogP contribution in [-0.2, 0) is 11.2 Å². The normalized spacial score (nSPS) is 15.3. The number of methoxy groups -OCH3 is 2. The second-order valence-electron chi connectivity index (χ2n) is 7.48. The zero-order chi connectivity index (χ0) is 20.6. The Labute approximate surface area is 191 Å². The first-order valence-corrected chi connectivity index (χ1v) is 9.83. The van der Waals surface area contributed by atoms with E-state index in [-0.39, 0.29) is 35.3 Å². The van der Waals surface area contributed by atoms with Crippen LogP contribution < -0.4 is 20.1 Å². The number of carbonyl (C=O) groups excluding carboxylic acids is 1. The van der Waals surface area contributed by atoms with Crippen molar-refractivity contribution in [3.8, 4) is 11.5 Å². The van der Waals surface area contributed by atoms with Gasteiger partial charge in [0, 0.05) is 34.2 Å². The molecule has 0 atom stereocenters. The van der Waals surface area contributed by atoms with Gasteiger partial charge < -0.3 is 25.0 Å². The van der Waals surface area contributed by atoms with E-state index < -0.39 is 0 Å². The Hall–Kier alpha value is -1.71. The summed E-state index contributed by atoms with van der Waals surface area (Å²) in [6.07, 6.45) is 4.89. The summed E-state index contributed by atoms with van der Waals surface area (Å²) in [5, 5.41) is 6.70. The molecule has 0 heterocycles. The quantitative estimate of drug-likeness (QED) is 0.315. The smallest absolute Gasteiger partial charge is 0.230 e. The Bertz CT molecular complexity index is 689. The summed E-state index contributed by atoms with van der Waals surface area (Å²) in [7, 11) is 8.68. The topological polar surface area (TPSA) is 75.2 Å². The Morgan fingerprint density at radius 2 is 1.79 bits per heavy atom. The van der Waals surface area contributed by atoms with E-state index in [9.17, 15) is 4.79 Å². The van der Waals surface area contributed by atoms with Crippen LogP contribution in [0.4, 0.5) is 0 Å². The van der Waals surface area contributed by atoms with Gasteiger partial charge in [0.25, 0.3) is 0 Å². The van der Waals surface area contributed by atoms with Gasteiger partial charge in [-0.25, -0.2) is 0 Å². The fourth-order valence-electron chi connectivity index (χ4n) is 3.83. The molecule has 1 aromatic carbocycles. The first-order valence-electron chi connectivity index (χ1n) is 9.83. The standard InChI is InChI=1S/C21H34N4O3.HI/c1-22-20(24-15-21(11-6-7-12-21)19(26)25(2)3)23-13-10-16-8-9-17(27-4)18(14-16)28-5;/h8-9,14H,6-7,10-13,15H2,1-5H3,(H2,22,23,24);1H. The zero-order valence-corrected chi connectivity index (χ0v) is 20.5. The van der Waals surface area contributed by atoms with Crippen molar-refractivity contribution in [3.05, 3.63) is 23.8 Å². The SMILES string of the molecule is CN=C(NCCc1ccc(OC)c(OC)c1)NCC1(C(=O)N(C)C)CCCC1.I. The van der Waals surface area contributed by atoms with Crippen molar-refractivity contribution in [1.29, 1.82) is 0 Å². The first kappa shape index (κ1) is 25.3. The van der Waals surface area contributed by atoms with E-state index in [2.05, 4.69) is 15.6 Å². The summed E-state index contributed by atoms with van der Waals surface area (Å²) in [5.74, 6) is 2.38. The average Bonchev–Trinajstić information content (AvgIpc) is 3.19. The average molecular weight is 518 g/mol. The number of ether oxygens (including phenoxy) is 2. The van der Waals surface area contributed by atoms with E-state index >= 15 is 0 Å². The van der Waals surface area contributed by atoms with E-state index in [1.54, 1.807) is 26.2 Å². The van der Waals surface area contributed by atoms with Crippen LogP contribution in [0, 0.1) is 5.41 Å². The number of halogens is 1. The van der Waals surface area contributed by atoms with Crippen LogP contribution >= 0.6 is 24.0 Å². The highest BCUT2D eigenvalue weighted by Gasteiger charge is 2.42. The second-order valence-corrected chi connectivity index (χ2v) is 7.48. The molecule has 29 heavy (non-hydrogen) atoms. The lowest BCUT2D eigenvalue weighted by Crippen LogP contribution is -2.49. The Kier molecular flexibility index (Phi) is 10.6. The third kappa shape index (κ3) is 6.65. The Morgan fingerprint density at radius 1 is 1.14 bits per heavy atom. The lowest BCUT2D eigenvalue weighted by molar-refractivity contribution is -0.138. The second kappa shape index (κ2) is 12.1. The van der Waals surface area contributed by atoms with Crippen LogP contribution in [0.15, 0.2) is 23.2 Å². The molecule has 0 unspecified atom stereocenters. The third-order valence-corrected chi connectivity index (χ3v) is 5.39. The molecule has 0 saturated heterocycles. The molecular weight excluding hydrogens is 483 g/mol. The summed E-state index contributed by atoms with van der Waals surface area (Å²) >= 11 is 0. The van der Waals surface area contributed by atoms with Crippen molar-refractivity contribution < 1.29 is 14.3 Å². The van der Waals surface area contributed by atoms with E-state index in [0.717, 1.165) is 61.7 Å². The van der Waals surface area contributed by atoms with E-state index in [4.69, 9.17) is 9.47 Å². The number of rotatable bonds is 8. The molecule has 1 aliphatic carbocycles. The molecule has 1 amide bonds. The van der Waals surface area contributed by atoms with Gasteiger partial charge in [-0.3, -0.25) is 9.79 Å². The van der Waals surface area contributed by atoms with Gasteiger partial charge in [0.15, 0.2) is 17.5 Å². The maximum atomic E-state index is 12.7. The number of carbonyl (C=O) groups is 1. The molecule has 0 aromatic heterocycles. The van der Waals surface area contributed by atoms with Crippen LogP contribution in [0.5, 0.6) is 11.5 Å². The first-order chi connectivity index (χ1) is 13.5. The molecule has 7 nitrogen and oxygen atoms in total. The van der Waals surface area contributed by atoms with Gasteiger partial charge >= 0.3 is 0 Å². The fourth-order valence-corrected chi connectivity index (χ4v) is 3.83. The summed E-state index contributed by atoms with van der Waals surface area (Å²) in [4.78, 5) is 18.7. The van der Waals surface area contributed by atoms with Crippen LogP contribution in [0.2, 0.25) is 0 Å². The minimum atomic E-state index is -0.315. The maximum absolute atomic E-state index is 12.7. The van der Waals surface area contributed by atoms with Gasteiger partial charge in [-0.1, -0.05) is 18.9 Å². The molecule has 164 valence electrons. The monoisotopic (exact) mass is 518 g/mol. The van der Waals surface area contributed by atoms with Crippen LogP contribution in [0.3, 0.4) is 0 Å². The molecule has 0 radical (unpaired) electrons. The van der Waals surface area contributed by atoms with Crippen molar-refractivity contribution in [3.63, 3.8) is 0 Å². The number of nitrogens with zero attached hydrogens (tertiary/aromatic N) is 2. The van der Waals surface area contributed by atoms with Gasteiger partial charge in [0.05, 0.1) is 19.6 Å². The molecule has 1 saturated carbocycles. The summed E-state index contributed by atoms with van der Waals surface area (Å²) in [5.41, 5.74) is 0.834. The molecule has 1 aromatic rings. The molecule has 0 spiro atoms. The fraction of sp³-hybridized carbons (Fsp3) is 0.619. The molecule has 0 aliphatic heterocycles. The van der Waals surface area contributed by atoms with Crippen molar-refractivity contribution in [2.45, 2.75) is 32.1 Å². The minimum absolute atomic E-state index is 0. The van der Waals surface area contributed by atoms with Gasteiger partial charge in [0.2, 0.25) is 5.91 Å². The molecule has 2 rings (SSSR count). The third-order valence-electron chi connectivity index (χ3n) is 5.39. The van der Waals surface area contributed by atoms with Gasteiger partial charge in [-0.2, -0.15) is 0 Å². The van der Waals surface area contributed by atoms with Crippen LogP contribution in [0.1, 0.15) is 31.2 Å². The molecular formula is C21H35IN4O3. The zero-order valence-electron chi connectivity index (χ0n) is 18.2. The molecule has 0 bridgehead atoms. The Balaban J connectivity index is 0.00000420. The van der Waals surface area contributed by atoms with Crippen molar-refractivity contribution >= 4 is 35.8 Å². The van der Waals surface area contributed by atoms with Gasteiger partial charge in [0.1, 0.15) is 0 Å². The number of guanidine groups is 1. The maximum Gasteiger partial charge on any atom is 0.230 e. The predicted molar refractivity (Wildman–Crippen MR) is 128 cm³/mol. The number of amides is 1. The predicted octanol–water partition coefficient (Wildman–Crippen LogP) is 2.68. The summed E-state index contributed by atoms with van der Waals surface area (Å²) < 4.78 is 10.6. The van der Waals surface area contributed by atoms with E-state index in [0.29, 0.717) is 6.54 Å². The lowest BCUT2D eigenvalue weighted by atomic mass is 9.84. The highest BCUT2D eigenvalue weighted by molar-refractivity contribution is 14.0. The number of nitrogens with one attached hydrogen (secondary N) is 2. The number of hydrogen-bond donors (Lipinski definition) is 2. The molecule has 8 heteroatoms. The molecule has 1 aliphatic rings. The van der Waals surface area contributed by atoms with Gasteiger partial charge in [-0.15, -0.1) is 24.0 Å². The van der Waals surface area contributed by atoms with Crippen molar-refractivity contribution in [2.24, 2.45) is 10.4 Å². The van der Waals surface area contributed by atoms with Crippen LogP contribution in [-0.4, -0.2) is 65.2 Å². The highest BCUT2D eigenvalue weighted by atomic mass is 127. The van der Waals surface area contributed by atoms with E-state index in [1.165, 1.54) is 0 Å². The van der Waals surface area contributed by atoms with Crippen molar-refractivity contribution in [1.82, 2.24) is 15.5 Å². The summed E-state index contributed by atoms with van der Waals surface area (Å²) in [6, 6.07) is 5.93. The van der Waals surface area contributed by atoms with Crippen molar-refractivity contribution in [2.75, 3.05) is 48.5 Å². The highest BCUT2D eigenvalue weighted by Crippen LogP contribution is 2.38. The number of benzene rings is 1. The van der Waals surface area contributed by atoms with E-state index in [1.807, 2.05) is 32.3 Å². The summed E-state index contributed by atoms with van der Waals surface area (Å²) in [6.45, 7) is 1.34. The van der Waals surface area contributed by atoms with Gasteiger partial charge in [-0.05, 0) is 37.0 Å².